The number of carboxylic acid groups (broad SMARTS) is 1. The number of fused-ring (bicyclic) bond motifs is 1. The molecule has 0 radical (unpaired) electrons. The van der Waals surface area contributed by atoms with Gasteiger partial charge in [0, 0.05) is 26.1 Å². The lowest BCUT2D eigenvalue weighted by molar-refractivity contribution is 0.132. The summed E-state index contributed by atoms with van der Waals surface area (Å²) in [5, 5.41) is 15.6. The van der Waals surface area contributed by atoms with Crippen molar-refractivity contribution in [2.24, 2.45) is 7.05 Å². The van der Waals surface area contributed by atoms with Gasteiger partial charge >= 0.3 is 6.09 Å². The van der Waals surface area contributed by atoms with Gasteiger partial charge in [0.15, 0.2) is 0 Å². The van der Waals surface area contributed by atoms with E-state index in [2.05, 4.69) is 16.5 Å². The molecule has 5 nitrogen and oxygen atoms in total. The van der Waals surface area contributed by atoms with Crippen LogP contribution in [0.25, 0.3) is 10.2 Å². The van der Waals surface area contributed by atoms with Crippen molar-refractivity contribution in [3.05, 3.63) is 17.1 Å². The van der Waals surface area contributed by atoms with Crippen molar-refractivity contribution in [1.82, 2.24) is 14.7 Å². The molecule has 0 bridgehead atoms. The third-order valence-electron chi connectivity index (χ3n) is 3.64. The smallest absolute Gasteiger partial charge is 0.407 e. The highest BCUT2D eigenvalue weighted by molar-refractivity contribution is 7.17. The summed E-state index contributed by atoms with van der Waals surface area (Å²) in [6.45, 7) is 1.23. The number of likely N-dealkylation sites (tertiary alicyclic amines) is 1. The molecule has 0 saturated carbocycles. The second-order valence-electron chi connectivity index (χ2n) is 4.69. The van der Waals surface area contributed by atoms with Crippen LogP contribution >= 0.6 is 11.3 Å². The SMILES string of the molecule is Cn1nc(C2CCN(C(=O)O)CC2)c2sccc21. The zero-order valence-corrected chi connectivity index (χ0v) is 11.0. The van der Waals surface area contributed by atoms with Gasteiger partial charge in [0.05, 0.1) is 15.9 Å². The number of aromatic nitrogens is 2. The molecule has 96 valence electrons. The molecular weight excluding hydrogens is 250 g/mol. The Balaban J connectivity index is 1.84. The first-order chi connectivity index (χ1) is 8.66. The maximum absolute atomic E-state index is 10.9. The zero-order valence-electron chi connectivity index (χ0n) is 10.2. The quantitative estimate of drug-likeness (QED) is 0.861. The Morgan fingerprint density at radius 3 is 2.89 bits per heavy atom. The van der Waals surface area contributed by atoms with Gasteiger partial charge in [-0.2, -0.15) is 5.10 Å². The fourth-order valence-corrected chi connectivity index (χ4v) is 3.60. The normalized spacial score (nSPS) is 17.5. The molecule has 1 aliphatic rings. The van der Waals surface area contributed by atoms with Crippen LogP contribution in [0.5, 0.6) is 0 Å². The van der Waals surface area contributed by atoms with Crippen molar-refractivity contribution >= 4 is 27.6 Å². The highest BCUT2D eigenvalue weighted by atomic mass is 32.1. The molecule has 0 unspecified atom stereocenters. The first kappa shape index (κ1) is 11.5. The van der Waals surface area contributed by atoms with Crippen LogP contribution in [0.1, 0.15) is 24.5 Å². The number of carbonyl (C=O) groups is 1. The molecule has 3 rings (SSSR count). The van der Waals surface area contributed by atoms with E-state index >= 15 is 0 Å². The van der Waals surface area contributed by atoms with Crippen molar-refractivity contribution in [3.63, 3.8) is 0 Å². The number of thiophene rings is 1. The van der Waals surface area contributed by atoms with Crippen LogP contribution in [-0.4, -0.2) is 39.0 Å². The second kappa shape index (κ2) is 4.28. The minimum atomic E-state index is -0.809. The first-order valence-electron chi connectivity index (χ1n) is 6.05. The van der Waals surface area contributed by atoms with Gasteiger partial charge in [-0.05, 0) is 24.3 Å². The lowest BCUT2D eigenvalue weighted by atomic mass is 9.94. The maximum atomic E-state index is 10.9. The number of hydrogen-bond acceptors (Lipinski definition) is 3. The topological polar surface area (TPSA) is 58.4 Å². The van der Waals surface area contributed by atoms with E-state index in [4.69, 9.17) is 5.11 Å². The van der Waals surface area contributed by atoms with E-state index in [0.29, 0.717) is 19.0 Å². The molecule has 0 spiro atoms. The number of rotatable bonds is 1. The summed E-state index contributed by atoms with van der Waals surface area (Å²) in [5.74, 6) is 0.392. The van der Waals surface area contributed by atoms with E-state index < -0.39 is 6.09 Å². The average Bonchev–Trinajstić information content (AvgIpc) is 2.94. The van der Waals surface area contributed by atoms with Crippen LogP contribution in [-0.2, 0) is 7.05 Å². The van der Waals surface area contributed by atoms with Gasteiger partial charge in [0.25, 0.3) is 0 Å². The fraction of sp³-hybridized carbons (Fsp3) is 0.500. The van der Waals surface area contributed by atoms with Gasteiger partial charge < -0.3 is 10.0 Å². The van der Waals surface area contributed by atoms with Gasteiger partial charge in [-0.15, -0.1) is 11.3 Å². The Bertz CT molecular complexity index is 581. The zero-order chi connectivity index (χ0) is 12.7. The molecular formula is C12H15N3O2S. The minimum absolute atomic E-state index is 0.392. The summed E-state index contributed by atoms with van der Waals surface area (Å²) in [6.07, 6.45) is 0.933. The Labute approximate surface area is 109 Å². The second-order valence-corrected chi connectivity index (χ2v) is 5.60. The van der Waals surface area contributed by atoms with Crippen LogP contribution in [0.2, 0.25) is 0 Å². The van der Waals surface area contributed by atoms with Gasteiger partial charge in [0.1, 0.15) is 0 Å². The standard InChI is InChI=1S/C12H15N3O2S/c1-14-9-4-7-18-11(9)10(13-14)8-2-5-15(6-3-8)12(16)17/h4,7-8H,2-3,5-6H2,1H3,(H,16,17). The fourth-order valence-electron chi connectivity index (χ4n) is 2.62. The van der Waals surface area contributed by atoms with Crippen LogP contribution in [0.3, 0.4) is 0 Å². The Morgan fingerprint density at radius 2 is 2.22 bits per heavy atom. The van der Waals surface area contributed by atoms with E-state index in [0.717, 1.165) is 18.5 Å². The summed E-state index contributed by atoms with van der Waals surface area (Å²) in [7, 11) is 1.96. The highest BCUT2D eigenvalue weighted by Gasteiger charge is 2.27. The molecule has 1 aliphatic heterocycles. The van der Waals surface area contributed by atoms with E-state index in [1.807, 2.05) is 11.7 Å². The number of nitrogens with zero attached hydrogens (tertiary/aromatic N) is 3. The van der Waals surface area contributed by atoms with Gasteiger partial charge in [-0.25, -0.2) is 4.79 Å². The third-order valence-corrected chi connectivity index (χ3v) is 4.56. The number of amides is 1. The van der Waals surface area contributed by atoms with Crippen LogP contribution in [0.4, 0.5) is 4.79 Å². The van der Waals surface area contributed by atoms with Gasteiger partial charge in [0.2, 0.25) is 0 Å². The Kier molecular flexibility index (Phi) is 2.74. The first-order valence-corrected chi connectivity index (χ1v) is 6.92. The van der Waals surface area contributed by atoms with Crippen molar-refractivity contribution < 1.29 is 9.90 Å². The number of hydrogen-bond donors (Lipinski definition) is 1. The predicted octanol–water partition coefficient (Wildman–Crippen LogP) is 2.49. The lowest BCUT2D eigenvalue weighted by Crippen LogP contribution is -2.36. The molecule has 6 heteroatoms. The minimum Gasteiger partial charge on any atom is -0.465 e. The van der Waals surface area contributed by atoms with Crippen LogP contribution in [0, 0.1) is 0 Å². The van der Waals surface area contributed by atoms with Crippen molar-refractivity contribution in [2.45, 2.75) is 18.8 Å². The highest BCUT2D eigenvalue weighted by Crippen LogP contribution is 2.34. The van der Waals surface area contributed by atoms with Gasteiger partial charge in [-0.3, -0.25) is 4.68 Å². The molecule has 2 aromatic heterocycles. The predicted molar refractivity (Wildman–Crippen MR) is 70.2 cm³/mol. The van der Waals surface area contributed by atoms with Crippen molar-refractivity contribution in [1.29, 1.82) is 0 Å². The number of piperidine rings is 1. The molecule has 2 aromatic rings. The third kappa shape index (κ3) is 1.77. The lowest BCUT2D eigenvalue weighted by Gasteiger charge is -2.29. The Hall–Kier alpha value is -1.56. The summed E-state index contributed by atoms with van der Waals surface area (Å²) >= 11 is 1.72. The van der Waals surface area contributed by atoms with Crippen molar-refractivity contribution in [2.75, 3.05) is 13.1 Å². The Morgan fingerprint density at radius 1 is 1.50 bits per heavy atom. The van der Waals surface area contributed by atoms with Gasteiger partial charge in [-0.1, -0.05) is 0 Å². The van der Waals surface area contributed by atoms with E-state index in [-0.39, 0.29) is 0 Å². The summed E-state index contributed by atoms with van der Waals surface area (Å²) in [4.78, 5) is 12.4. The molecule has 18 heavy (non-hydrogen) atoms. The monoisotopic (exact) mass is 265 g/mol. The van der Waals surface area contributed by atoms with E-state index in [9.17, 15) is 4.79 Å². The van der Waals surface area contributed by atoms with Crippen LogP contribution < -0.4 is 0 Å². The molecule has 1 N–H and O–H groups in total. The van der Waals surface area contributed by atoms with Crippen molar-refractivity contribution in [3.8, 4) is 0 Å². The molecule has 3 heterocycles. The molecule has 1 amide bonds. The largest absolute Gasteiger partial charge is 0.465 e. The molecule has 1 fully saturated rings. The molecule has 0 atom stereocenters. The van der Waals surface area contributed by atoms with E-state index in [1.54, 1.807) is 11.3 Å². The summed E-state index contributed by atoms with van der Waals surface area (Å²) in [5.41, 5.74) is 2.32. The summed E-state index contributed by atoms with van der Waals surface area (Å²) < 4.78 is 3.18. The van der Waals surface area contributed by atoms with Crippen LogP contribution in [0.15, 0.2) is 11.4 Å². The van der Waals surface area contributed by atoms with E-state index in [1.165, 1.54) is 15.1 Å². The molecule has 0 aliphatic carbocycles. The average molecular weight is 265 g/mol. The number of aryl methyl sites for hydroxylation is 1. The molecule has 0 aromatic carbocycles. The molecule has 1 saturated heterocycles. The maximum Gasteiger partial charge on any atom is 0.407 e. The summed E-state index contributed by atoms with van der Waals surface area (Å²) in [6, 6.07) is 2.09.